The largest absolute Gasteiger partial charge is 0.494 e. The van der Waals surface area contributed by atoms with Gasteiger partial charge in [-0.1, -0.05) is 49.6 Å². The summed E-state index contributed by atoms with van der Waals surface area (Å²) in [6.45, 7) is 5.14. The Morgan fingerprint density at radius 2 is 1.62 bits per heavy atom. The van der Waals surface area contributed by atoms with Crippen LogP contribution in [0.4, 0.5) is 5.69 Å². The summed E-state index contributed by atoms with van der Waals surface area (Å²) in [5, 5.41) is 5.20. The molecule has 0 radical (unpaired) electrons. The highest BCUT2D eigenvalue weighted by Gasteiger charge is 2.13. The van der Waals surface area contributed by atoms with Gasteiger partial charge in [-0.05, 0) is 43.2 Å². The molecule has 0 aliphatic carbocycles. The predicted octanol–water partition coefficient (Wildman–Crippen LogP) is 3.82. The number of aryl methyl sites for hydroxylation is 1. The van der Waals surface area contributed by atoms with Crippen LogP contribution >= 0.6 is 0 Å². The van der Waals surface area contributed by atoms with Crippen LogP contribution in [0.1, 0.15) is 37.3 Å². The number of carbonyl (C=O) groups is 2. The van der Waals surface area contributed by atoms with Crippen LogP contribution in [0.2, 0.25) is 0 Å². The lowest BCUT2D eigenvalue weighted by molar-refractivity contribution is -0.136. The number of anilines is 1. The second kappa shape index (κ2) is 10.2. The van der Waals surface area contributed by atoms with E-state index in [1.807, 2.05) is 31.2 Å². The molecule has 0 fully saturated rings. The zero-order chi connectivity index (χ0) is 18.8. The predicted molar refractivity (Wildman–Crippen MR) is 103 cm³/mol. The number of ether oxygens (including phenoxy) is 1. The molecular weight excluding hydrogens is 328 g/mol. The highest BCUT2D eigenvalue weighted by Crippen LogP contribution is 2.16. The van der Waals surface area contributed by atoms with E-state index in [2.05, 4.69) is 17.6 Å². The van der Waals surface area contributed by atoms with E-state index in [1.165, 1.54) is 0 Å². The first-order valence-electron chi connectivity index (χ1n) is 8.96. The lowest BCUT2D eigenvalue weighted by atomic mass is 10.1. The molecule has 2 aromatic rings. The van der Waals surface area contributed by atoms with E-state index in [4.69, 9.17) is 4.74 Å². The Bertz CT molecular complexity index is 709. The minimum atomic E-state index is -0.686. The van der Waals surface area contributed by atoms with Gasteiger partial charge in [-0.2, -0.15) is 0 Å². The summed E-state index contributed by atoms with van der Waals surface area (Å²) in [5.41, 5.74) is 2.65. The molecule has 0 atom stereocenters. The molecule has 5 nitrogen and oxygen atoms in total. The Kier molecular flexibility index (Phi) is 7.68. The number of benzene rings is 2. The van der Waals surface area contributed by atoms with E-state index in [-0.39, 0.29) is 0 Å². The number of nitrogens with one attached hydrogen (secondary N) is 2. The molecule has 0 aliphatic heterocycles. The third-order valence-corrected chi connectivity index (χ3v) is 3.91. The Labute approximate surface area is 154 Å². The molecule has 0 heterocycles. The van der Waals surface area contributed by atoms with Crippen molar-refractivity contribution in [2.24, 2.45) is 0 Å². The van der Waals surface area contributed by atoms with Gasteiger partial charge in [-0.3, -0.25) is 9.59 Å². The van der Waals surface area contributed by atoms with Gasteiger partial charge < -0.3 is 15.4 Å². The van der Waals surface area contributed by atoms with Gasteiger partial charge in [-0.15, -0.1) is 0 Å². The number of amides is 2. The number of hydrogen-bond acceptors (Lipinski definition) is 3. The van der Waals surface area contributed by atoms with Crippen LogP contribution < -0.4 is 15.4 Å². The maximum Gasteiger partial charge on any atom is 0.313 e. The van der Waals surface area contributed by atoms with Gasteiger partial charge in [0, 0.05) is 12.2 Å². The van der Waals surface area contributed by atoms with Crippen molar-refractivity contribution < 1.29 is 14.3 Å². The van der Waals surface area contributed by atoms with Crippen molar-refractivity contribution in [2.45, 2.75) is 39.7 Å². The van der Waals surface area contributed by atoms with Crippen molar-refractivity contribution in [2.75, 3.05) is 11.9 Å². The van der Waals surface area contributed by atoms with Crippen molar-refractivity contribution in [3.05, 3.63) is 59.7 Å². The van der Waals surface area contributed by atoms with E-state index in [1.54, 1.807) is 24.3 Å². The van der Waals surface area contributed by atoms with E-state index in [9.17, 15) is 9.59 Å². The summed E-state index contributed by atoms with van der Waals surface area (Å²) >= 11 is 0. The molecule has 0 unspecified atom stereocenters. The van der Waals surface area contributed by atoms with Gasteiger partial charge in [0.2, 0.25) is 0 Å². The van der Waals surface area contributed by atoms with Gasteiger partial charge >= 0.3 is 11.8 Å². The fourth-order valence-electron chi connectivity index (χ4n) is 2.33. The van der Waals surface area contributed by atoms with Gasteiger partial charge in [-0.25, -0.2) is 0 Å². The van der Waals surface area contributed by atoms with Crippen molar-refractivity contribution in [1.29, 1.82) is 0 Å². The Hall–Kier alpha value is -2.82. The van der Waals surface area contributed by atoms with E-state index >= 15 is 0 Å². The quantitative estimate of drug-likeness (QED) is 0.559. The van der Waals surface area contributed by atoms with Crippen LogP contribution in [0.15, 0.2) is 48.5 Å². The first kappa shape index (κ1) is 19.5. The van der Waals surface area contributed by atoms with Crippen LogP contribution in [0, 0.1) is 6.92 Å². The van der Waals surface area contributed by atoms with Crippen LogP contribution in [-0.4, -0.2) is 18.4 Å². The molecule has 2 aromatic carbocycles. The Morgan fingerprint density at radius 3 is 2.27 bits per heavy atom. The minimum absolute atomic E-state index is 0.317. The molecule has 26 heavy (non-hydrogen) atoms. The summed E-state index contributed by atoms with van der Waals surface area (Å²) in [4.78, 5) is 23.9. The monoisotopic (exact) mass is 354 g/mol. The minimum Gasteiger partial charge on any atom is -0.494 e. The van der Waals surface area contributed by atoms with Crippen LogP contribution in [0.5, 0.6) is 5.75 Å². The fraction of sp³-hybridized carbons (Fsp3) is 0.333. The van der Waals surface area contributed by atoms with Gasteiger partial charge in [0.15, 0.2) is 0 Å². The molecule has 2 rings (SSSR count). The highest BCUT2D eigenvalue weighted by atomic mass is 16.5. The average molecular weight is 354 g/mol. The summed E-state index contributed by atoms with van der Waals surface area (Å²) in [6, 6.07) is 14.8. The van der Waals surface area contributed by atoms with Gasteiger partial charge in [0.05, 0.1) is 6.61 Å². The van der Waals surface area contributed by atoms with Crippen LogP contribution in [0.25, 0.3) is 0 Å². The average Bonchev–Trinajstić information content (AvgIpc) is 2.66. The molecule has 2 amide bonds. The van der Waals surface area contributed by atoms with Crippen molar-refractivity contribution in [3.8, 4) is 5.75 Å². The SMILES string of the molecule is CCCCCOc1ccc(NC(=O)C(=O)NCc2ccc(C)cc2)cc1. The summed E-state index contributed by atoms with van der Waals surface area (Å²) in [7, 11) is 0. The lowest BCUT2D eigenvalue weighted by Gasteiger charge is -2.09. The molecule has 0 saturated carbocycles. The molecule has 0 aliphatic rings. The standard InChI is InChI=1S/C21H26N2O3/c1-3-4-5-14-26-19-12-10-18(11-13-19)23-21(25)20(24)22-15-17-8-6-16(2)7-9-17/h6-13H,3-5,14-15H2,1-2H3,(H,22,24)(H,23,25). The zero-order valence-corrected chi connectivity index (χ0v) is 15.4. The van der Waals surface area contributed by atoms with Gasteiger partial charge in [0.25, 0.3) is 0 Å². The third-order valence-electron chi connectivity index (χ3n) is 3.91. The van der Waals surface area contributed by atoms with E-state index < -0.39 is 11.8 Å². The maximum atomic E-state index is 12.0. The second-order valence-electron chi connectivity index (χ2n) is 6.20. The molecule has 5 heteroatoms. The van der Waals surface area contributed by atoms with Gasteiger partial charge in [0.1, 0.15) is 5.75 Å². The molecule has 138 valence electrons. The molecular formula is C21H26N2O3. The Morgan fingerprint density at radius 1 is 0.923 bits per heavy atom. The second-order valence-corrected chi connectivity index (χ2v) is 6.20. The summed E-state index contributed by atoms with van der Waals surface area (Å²) in [6.07, 6.45) is 3.32. The fourth-order valence-corrected chi connectivity index (χ4v) is 2.33. The highest BCUT2D eigenvalue weighted by molar-refractivity contribution is 6.39. The Balaban J connectivity index is 1.77. The lowest BCUT2D eigenvalue weighted by Crippen LogP contribution is -2.34. The van der Waals surface area contributed by atoms with Crippen LogP contribution in [0.3, 0.4) is 0 Å². The van der Waals surface area contributed by atoms with Crippen molar-refractivity contribution in [1.82, 2.24) is 5.32 Å². The number of hydrogen-bond donors (Lipinski definition) is 2. The first-order valence-corrected chi connectivity index (χ1v) is 8.96. The molecule has 2 N–H and O–H groups in total. The first-order chi connectivity index (χ1) is 12.6. The number of carbonyl (C=O) groups excluding carboxylic acids is 2. The molecule has 0 saturated heterocycles. The topological polar surface area (TPSA) is 67.4 Å². The van der Waals surface area contributed by atoms with Crippen molar-refractivity contribution >= 4 is 17.5 Å². The molecule has 0 aromatic heterocycles. The van der Waals surface area contributed by atoms with Crippen LogP contribution in [-0.2, 0) is 16.1 Å². The molecule has 0 bridgehead atoms. The van der Waals surface area contributed by atoms with Crippen molar-refractivity contribution in [3.63, 3.8) is 0 Å². The molecule has 0 spiro atoms. The number of unbranched alkanes of at least 4 members (excludes halogenated alkanes) is 2. The normalized spacial score (nSPS) is 10.2. The summed E-state index contributed by atoms with van der Waals surface area (Å²) in [5.74, 6) is -0.595. The zero-order valence-electron chi connectivity index (χ0n) is 15.4. The smallest absolute Gasteiger partial charge is 0.313 e. The maximum absolute atomic E-state index is 12.0. The summed E-state index contributed by atoms with van der Waals surface area (Å²) < 4.78 is 5.62. The number of rotatable bonds is 8. The third kappa shape index (κ3) is 6.59. The van der Waals surface area contributed by atoms with E-state index in [0.717, 1.165) is 36.1 Å². The van der Waals surface area contributed by atoms with E-state index in [0.29, 0.717) is 18.8 Å².